The summed E-state index contributed by atoms with van der Waals surface area (Å²) >= 11 is 0. The minimum Gasteiger partial charge on any atom is -0.481 e. The van der Waals surface area contributed by atoms with Crippen LogP contribution in [0.4, 0.5) is 13.6 Å². The molecule has 38 heavy (non-hydrogen) atoms. The van der Waals surface area contributed by atoms with Gasteiger partial charge >= 0.3 is 12.1 Å². The van der Waals surface area contributed by atoms with E-state index in [1.54, 1.807) is 4.90 Å². The van der Waals surface area contributed by atoms with Crippen molar-refractivity contribution in [3.05, 3.63) is 64.5 Å². The average Bonchev–Trinajstić information content (AvgIpc) is 3.33. The molecule has 10 heteroatoms. The number of halogens is 2. The molecule has 2 aliphatic rings. The van der Waals surface area contributed by atoms with Crippen LogP contribution in [0.25, 0.3) is 11.0 Å². The second kappa shape index (κ2) is 10.7. The largest absolute Gasteiger partial charge is 0.481 e. The molecule has 1 saturated carbocycles. The Morgan fingerprint density at radius 3 is 2.55 bits per heavy atom. The lowest BCUT2D eigenvalue weighted by Gasteiger charge is -2.29. The molecule has 1 fully saturated rings. The highest BCUT2D eigenvalue weighted by Gasteiger charge is 2.33. The van der Waals surface area contributed by atoms with E-state index in [0.717, 1.165) is 40.1 Å². The van der Waals surface area contributed by atoms with Gasteiger partial charge < -0.3 is 24.4 Å². The number of rotatable bonds is 6. The van der Waals surface area contributed by atoms with E-state index >= 15 is 0 Å². The minimum absolute atomic E-state index is 0.0204. The fourth-order valence-corrected chi connectivity index (χ4v) is 5.94. The maximum absolute atomic E-state index is 14.0. The normalized spacial score (nSPS) is 20.3. The molecule has 8 nitrogen and oxygen atoms in total. The standard InChI is InChI=1S/C28H31F2N3O5/c1-38-28(37)32-11-10-17-7-9-24-25(21(17)14-32)31-26(18-3-5-19(6-4-18)27(35)36)33(24)20(15-34)12-16-2-8-22(29)23(30)13-16/h2,7-9,13,18-20,34H,3-6,10-12,14-15H2,1H3,(H,35,36)/t18?,19?,20-/m0/s1. The van der Waals surface area contributed by atoms with Crippen LogP contribution < -0.4 is 0 Å². The number of benzene rings is 2. The smallest absolute Gasteiger partial charge is 0.409 e. The number of hydrogen-bond acceptors (Lipinski definition) is 5. The summed E-state index contributed by atoms with van der Waals surface area (Å²) in [6.07, 6.45) is 2.84. The molecule has 3 aromatic rings. The molecule has 0 saturated heterocycles. The van der Waals surface area contributed by atoms with Crippen molar-refractivity contribution in [2.24, 2.45) is 5.92 Å². The van der Waals surface area contributed by atoms with Crippen LogP contribution in [0.3, 0.4) is 0 Å². The molecule has 1 aliphatic carbocycles. The number of ether oxygens (including phenoxy) is 1. The number of fused-ring (bicyclic) bond motifs is 3. The highest BCUT2D eigenvalue weighted by Crippen LogP contribution is 2.40. The molecule has 5 rings (SSSR count). The van der Waals surface area contributed by atoms with E-state index in [9.17, 15) is 28.6 Å². The maximum atomic E-state index is 14.0. The van der Waals surface area contributed by atoms with Gasteiger partial charge in [-0.15, -0.1) is 0 Å². The number of carboxylic acid groups (broad SMARTS) is 1. The third kappa shape index (κ3) is 4.84. The molecular formula is C28H31F2N3O5. The second-order valence-corrected chi connectivity index (χ2v) is 10.2. The molecule has 0 radical (unpaired) electrons. The predicted molar refractivity (Wildman–Crippen MR) is 135 cm³/mol. The molecular weight excluding hydrogens is 496 g/mol. The lowest BCUT2D eigenvalue weighted by molar-refractivity contribution is -0.142. The minimum atomic E-state index is -0.945. The van der Waals surface area contributed by atoms with Crippen molar-refractivity contribution in [1.82, 2.24) is 14.5 Å². The molecule has 0 bridgehead atoms. The van der Waals surface area contributed by atoms with Crippen molar-refractivity contribution in [1.29, 1.82) is 0 Å². The van der Waals surface area contributed by atoms with Crippen LogP contribution in [0.2, 0.25) is 0 Å². The summed E-state index contributed by atoms with van der Waals surface area (Å²) in [5, 5.41) is 20.0. The Morgan fingerprint density at radius 1 is 1.13 bits per heavy atom. The first-order valence-corrected chi connectivity index (χ1v) is 12.9. The Bertz CT molecular complexity index is 1370. The highest BCUT2D eigenvalue weighted by atomic mass is 19.2. The molecule has 0 unspecified atom stereocenters. The van der Waals surface area contributed by atoms with Gasteiger partial charge in [-0.2, -0.15) is 0 Å². The number of carbonyl (C=O) groups is 2. The van der Waals surface area contributed by atoms with Crippen LogP contribution in [-0.2, 0) is 28.9 Å². The van der Waals surface area contributed by atoms with Crippen LogP contribution in [0.5, 0.6) is 0 Å². The number of imidazole rings is 1. The number of carboxylic acids is 1. The van der Waals surface area contributed by atoms with Gasteiger partial charge in [-0.1, -0.05) is 12.1 Å². The monoisotopic (exact) mass is 527 g/mol. The number of amides is 1. The second-order valence-electron chi connectivity index (χ2n) is 10.2. The van der Waals surface area contributed by atoms with Gasteiger partial charge in [0, 0.05) is 18.0 Å². The summed E-state index contributed by atoms with van der Waals surface area (Å²) in [4.78, 5) is 30.5. The van der Waals surface area contributed by atoms with Gasteiger partial charge in [-0.05, 0) is 67.9 Å². The van der Waals surface area contributed by atoms with Crippen LogP contribution in [0, 0.1) is 17.6 Å². The SMILES string of the molecule is COC(=O)N1CCc2ccc3c(nc(C4CCC(C(=O)O)CC4)n3[C@H](CO)Cc3ccc(F)c(F)c3)c2C1. The van der Waals surface area contributed by atoms with Gasteiger partial charge in [0.05, 0.1) is 43.3 Å². The third-order valence-electron chi connectivity index (χ3n) is 8.00. The van der Waals surface area contributed by atoms with Crippen molar-refractivity contribution in [3.63, 3.8) is 0 Å². The first-order chi connectivity index (χ1) is 18.3. The molecule has 1 atom stereocenters. The molecule has 1 aromatic heterocycles. The molecule has 2 aromatic carbocycles. The zero-order chi connectivity index (χ0) is 27.0. The number of aliphatic hydroxyl groups excluding tert-OH is 1. The van der Waals surface area contributed by atoms with Crippen LogP contribution in [-0.4, -0.2) is 57.0 Å². The number of aliphatic hydroxyl groups is 1. The fourth-order valence-electron chi connectivity index (χ4n) is 5.94. The quantitative estimate of drug-likeness (QED) is 0.487. The van der Waals surface area contributed by atoms with Crippen molar-refractivity contribution < 1.29 is 33.3 Å². The van der Waals surface area contributed by atoms with E-state index in [0.29, 0.717) is 50.8 Å². The summed E-state index contributed by atoms with van der Waals surface area (Å²) in [7, 11) is 1.35. The predicted octanol–water partition coefficient (Wildman–Crippen LogP) is 4.57. The summed E-state index contributed by atoms with van der Waals surface area (Å²) < 4.78 is 34.4. The molecule has 2 N–H and O–H groups in total. The van der Waals surface area contributed by atoms with Crippen molar-refractivity contribution >= 4 is 23.1 Å². The van der Waals surface area contributed by atoms with Crippen LogP contribution in [0.1, 0.15) is 60.2 Å². The van der Waals surface area contributed by atoms with E-state index in [2.05, 4.69) is 0 Å². The van der Waals surface area contributed by atoms with E-state index in [4.69, 9.17) is 9.72 Å². The molecule has 2 heterocycles. The van der Waals surface area contributed by atoms with Crippen molar-refractivity contribution in [3.8, 4) is 0 Å². The van der Waals surface area contributed by atoms with Crippen molar-refractivity contribution in [2.75, 3.05) is 20.3 Å². The van der Waals surface area contributed by atoms with E-state index in [1.807, 2.05) is 16.7 Å². The summed E-state index contributed by atoms with van der Waals surface area (Å²) in [6.45, 7) is 0.620. The maximum Gasteiger partial charge on any atom is 0.409 e. The number of hydrogen-bond donors (Lipinski definition) is 2. The van der Waals surface area contributed by atoms with Crippen LogP contribution >= 0.6 is 0 Å². The van der Waals surface area contributed by atoms with Crippen LogP contribution in [0.15, 0.2) is 30.3 Å². The molecule has 1 aliphatic heterocycles. The fraction of sp³-hybridized carbons (Fsp3) is 0.464. The Hall–Kier alpha value is -3.53. The van der Waals surface area contributed by atoms with E-state index in [1.165, 1.54) is 13.2 Å². The number of nitrogens with zero attached hydrogens (tertiary/aromatic N) is 3. The molecule has 0 spiro atoms. The lowest BCUT2D eigenvalue weighted by atomic mass is 9.81. The van der Waals surface area contributed by atoms with E-state index < -0.39 is 29.7 Å². The first-order valence-electron chi connectivity index (χ1n) is 12.9. The number of methoxy groups -OCH3 is 1. The Labute approximate surface area is 218 Å². The Kier molecular flexibility index (Phi) is 7.34. The first kappa shape index (κ1) is 26.1. The number of aliphatic carboxylic acids is 1. The zero-order valence-electron chi connectivity index (χ0n) is 21.2. The zero-order valence-corrected chi connectivity index (χ0v) is 21.2. The summed E-state index contributed by atoms with van der Waals surface area (Å²) in [5.41, 5.74) is 4.07. The van der Waals surface area contributed by atoms with Gasteiger partial charge in [-0.3, -0.25) is 4.79 Å². The van der Waals surface area contributed by atoms with E-state index in [-0.39, 0.29) is 24.9 Å². The lowest BCUT2D eigenvalue weighted by Crippen LogP contribution is -2.35. The topological polar surface area (TPSA) is 105 Å². The third-order valence-corrected chi connectivity index (χ3v) is 8.00. The average molecular weight is 528 g/mol. The summed E-state index contributed by atoms with van der Waals surface area (Å²) in [6, 6.07) is 7.21. The van der Waals surface area contributed by atoms with Gasteiger partial charge in [-0.25, -0.2) is 18.6 Å². The van der Waals surface area contributed by atoms with Gasteiger partial charge in [0.1, 0.15) is 5.82 Å². The highest BCUT2D eigenvalue weighted by molar-refractivity contribution is 5.82. The van der Waals surface area contributed by atoms with Gasteiger partial charge in [0.15, 0.2) is 11.6 Å². The summed E-state index contributed by atoms with van der Waals surface area (Å²) in [5.74, 6) is -2.33. The molecule has 202 valence electrons. The number of carbonyl (C=O) groups excluding carboxylic acids is 1. The Morgan fingerprint density at radius 2 is 1.89 bits per heavy atom. The molecule has 1 amide bonds. The number of aromatic nitrogens is 2. The Balaban J connectivity index is 1.59. The van der Waals surface area contributed by atoms with Crippen molar-refractivity contribution in [2.45, 2.75) is 57.0 Å². The van der Waals surface area contributed by atoms with Gasteiger partial charge in [0.2, 0.25) is 0 Å². The van der Waals surface area contributed by atoms with Gasteiger partial charge in [0.25, 0.3) is 0 Å².